The average molecular weight is 416 g/mol. The lowest BCUT2D eigenvalue weighted by molar-refractivity contribution is -0.0261. The summed E-state index contributed by atoms with van der Waals surface area (Å²) in [5.41, 5.74) is 0.679. The van der Waals surface area contributed by atoms with Crippen molar-refractivity contribution in [3.8, 4) is 11.6 Å². The molecule has 0 saturated carbocycles. The van der Waals surface area contributed by atoms with Gasteiger partial charge < -0.3 is 19.9 Å². The van der Waals surface area contributed by atoms with Crippen LogP contribution in [-0.4, -0.2) is 78.0 Å². The minimum atomic E-state index is 0.131. The van der Waals surface area contributed by atoms with Crippen molar-refractivity contribution in [2.75, 3.05) is 45.9 Å². The molecule has 1 aliphatic rings. The van der Waals surface area contributed by atoms with E-state index in [2.05, 4.69) is 51.4 Å². The molecule has 1 atom stereocenters. The Kier molecular flexibility index (Phi) is 8.58. The molecule has 0 aliphatic carbocycles. The molecule has 9 heteroatoms. The summed E-state index contributed by atoms with van der Waals surface area (Å²) in [5, 5.41) is 10.6. The first-order valence-electron chi connectivity index (χ1n) is 10.7. The number of aromatic nitrogens is 3. The third-order valence-electron chi connectivity index (χ3n) is 4.64. The van der Waals surface area contributed by atoms with E-state index in [0.717, 1.165) is 38.7 Å². The maximum atomic E-state index is 5.89. The van der Waals surface area contributed by atoms with Gasteiger partial charge in [0.25, 0.3) is 5.89 Å². The molecule has 3 rings (SSSR count). The van der Waals surface area contributed by atoms with Crippen molar-refractivity contribution in [1.82, 2.24) is 30.7 Å². The Hall–Kier alpha value is -2.52. The molecule has 0 bridgehead atoms. The molecule has 1 saturated heterocycles. The van der Waals surface area contributed by atoms with Crippen LogP contribution >= 0.6 is 0 Å². The molecule has 3 heterocycles. The third kappa shape index (κ3) is 7.07. The normalized spacial score (nSPS) is 18.0. The second-order valence-corrected chi connectivity index (χ2v) is 7.77. The molecule has 2 aromatic heterocycles. The largest absolute Gasteiger partial charge is 0.374 e. The second-order valence-electron chi connectivity index (χ2n) is 7.77. The summed E-state index contributed by atoms with van der Waals surface area (Å²) < 4.78 is 11.2. The number of hydrogen-bond donors (Lipinski definition) is 2. The summed E-state index contributed by atoms with van der Waals surface area (Å²) in [6.07, 6.45) is 2.46. The van der Waals surface area contributed by atoms with Crippen LogP contribution in [0.3, 0.4) is 0 Å². The highest BCUT2D eigenvalue weighted by molar-refractivity contribution is 5.79. The average Bonchev–Trinajstić information content (AvgIpc) is 3.21. The van der Waals surface area contributed by atoms with Gasteiger partial charge in [0, 0.05) is 45.3 Å². The number of ether oxygens (including phenoxy) is 1. The summed E-state index contributed by atoms with van der Waals surface area (Å²) >= 11 is 0. The van der Waals surface area contributed by atoms with E-state index in [9.17, 15) is 0 Å². The quantitative estimate of drug-likeness (QED) is 0.470. The fourth-order valence-electron chi connectivity index (χ4n) is 3.35. The van der Waals surface area contributed by atoms with Crippen LogP contribution in [0.15, 0.2) is 33.9 Å². The summed E-state index contributed by atoms with van der Waals surface area (Å²) in [7, 11) is 0. The number of hydrogen-bond acceptors (Lipinski definition) is 7. The molecule has 2 N–H and O–H groups in total. The molecule has 30 heavy (non-hydrogen) atoms. The minimum absolute atomic E-state index is 0.131. The van der Waals surface area contributed by atoms with Crippen LogP contribution in [0.2, 0.25) is 0 Å². The van der Waals surface area contributed by atoms with Crippen LogP contribution in [0.25, 0.3) is 11.6 Å². The fraction of sp³-hybridized carbons (Fsp3) is 0.619. The van der Waals surface area contributed by atoms with Crippen LogP contribution in [-0.2, 0) is 11.2 Å². The van der Waals surface area contributed by atoms with E-state index in [1.807, 2.05) is 18.2 Å². The van der Waals surface area contributed by atoms with Gasteiger partial charge in [-0.25, -0.2) is 0 Å². The van der Waals surface area contributed by atoms with Crippen molar-refractivity contribution in [3.63, 3.8) is 0 Å². The van der Waals surface area contributed by atoms with Crippen molar-refractivity contribution in [2.45, 2.75) is 33.3 Å². The first-order chi connectivity index (χ1) is 14.6. The number of nitrogens with one attached hydrogen (secondary N) is 2. The number of nitrogens with zero attached hydrogens (tertiary/aromatic N) is 5. The molecular formula is C21H33N7O2. The highest BCUT2D eigenvalue weighted by Gasteiger charge is 2.20. The first kappa shape index (κ1) is 22.2. The SMILES string of the molecule is CCNC(=NCC1CN(CC(C)C)CCO1)NCCc1noc(-c2ccccn2)n1. The smallest absolute Gasteiger partial charge is 0.276 e. The molecule has 0 radical (unpaired) electrons. The van der Waals surface area contributed by atoms with E-state index >= 15 is 0 Å². The maximum absolute atomic E-state index is 5.89. The van der Waals surface area contributed by atoms with Crippen molar-refractivity contribution in [1.29, 1.82) is 0 Å². The third-order valence-corrected chi connectivity index (χ3v) is 4.64. The number of morpholine rings is 1. The van der Waals surface area contributed by atoms with Gasteiger partial charge in [0.15, 0.2) is 11.8 Å². The molecule has 0 amide bonds. The first-order valence-corrected chi connectivity index (χ1v) is 10.7. The highest BCUT2D eigenvalue weighted by Crippen LogP contribution is 2.13. The Morgan fingerprint density at radius 2 is 2.23 bits per heavy atom. The monoisotopic (exact) mass is 415 g/mol. The predicted octanol–water partition coefficient (Wildman–Crippen LogP) is 1.59. The molecule has 0 spiro atoms. The van der Waals surface area contributed by atoms with Gasteiger partial charge in [0.2, 0.25) is 0 Å². The summed E-state index contributed by atoms with van der Waals surface area (Å²) in [4.78, 5) is 15.8. The Morgan fingerprint density at radius 3 is 3.00 bits per heavy atom. The van der Waals surface area contributed by atoms with Crippen LogP contribution < -0.4 is 10.6 Å². The summed E-state index contributed by atoms with van der Waals surface area (Å²) in [5.74, 6) is 2.51. The molecule has 0 aromatic carbocycles. The zero-order valence-corrected chi connectivity index (χ0v) is 18.2. The van der Waals surface area contributed by atoms with Gasteiger partial charge in [-0.2, -0.15) is 4.98 Å². The molecule has 1 unspecified atom stereocenters. The molecule has 9 nitrogen and oxygen atoms in total. The van der Waals surface area contributed by atoms with E-state index in [4.69, 9.17) is 14.3 Å². The zero-order chi connectivity index (χ0) is 21.2. The van der Waals surface area contributed by atoms with Gasteiger partial charge in [-0.05, 0) is 25.0 Å². The van der Waals surface area contributed by atoms with Crippen molar-refractivity contribution in [3.05, 3.63) is 30.2 Å². The molecule has 1 aliphatic heterocycles. The van der Waals surface area contributed by atoms with Crippen LogP contribution in [0.5, 0.6) is 0 Å². The number of aliphatic imine (C=N–C) groups is 1. The lowest BCUT2D eigenvalue weighted by Gasteiger charge is -2.33. The summed E-state index contributed by atoms with van der Waals surface area (Å²) in [6, 6.07) is 5.60. The molecule has 164 valence electrons. The molecule has 2 aromatic rings. The lowest BCUT2D eigenvalue weighted by atomic mass is 10.2. The van der Waals surface area contributed by atoms with Gasteiger partial charge in [0.1, 0.15) is 5.69 Å². The summed E-state index contributed by atoms with van der Waals surface area (Å²) in [6.45, 7) is 12.4. The number of guanidine groups is 1. The van der Waals surface area contributed by atoms with Crippen molar-refractivity contribution in [2.24, 2.45) is 10.9 Å². The second kappa shape index (κ2) is 11.6. The van der Waals surface area contributed by atoms with Crippen molar-refractivity contribution >= 4 is 5.96 Å². The van der Waals surface area contributed by atoms with Crippen LogP contribution in [0.4, 0.5) is 0 Å². The van der Waals surface area contributed by atoms with E-state index in [1.165, 1.54) is 0 Å². The van der Waals surface area contributed by atoms with Gasteiger partial charge in [0.05, 0.1) is 19.3 Å². The van der Waals surface area contributed by atoms with Crippen LogP contribution in [0.1, 0.15) is 26.6 Å². The zero-order valence-electron chi connectivity index (χ0n) is 18.2. The Bertz CT molecular complexity index is 779. The van der Waals surface area contributed by atoms with E-state index < -0.39 is 0 Å². The standard InChI is InChI=1S/C21H33N7O2/c1-4-22-21(25-13-17-15-28(11-12-29-17)14-16(2)3)24-10-8-19-26-20(30-27-19)18-7-5-6-9-23-18/h5-7,9,16-17H,4,8,10-15H2,1-3H3,(H2,22,24,25). The van der Waals surface area contributed by atoms with E-state index in [-0.39, 0.29) is 6.10 Å². The fourth-order valence-corrected chi connectivity index (χ4v) is 3.35. The van der Waals surface area contributed by atoms with Crippen molar-refractivity contribution < 1.29 is 9.26 Å². The van der Waals surface area contributed by atoms with Gasteiger partial charge in [-0.15, -0.1) is 0 Å². The van der Waals surface area contributed by atoms with Crippen LogP contribution in [0, 0.1) is 5.92 Å². The topological polar surface area (TPSA) is 101 Å². The maximum Gasteiger partial charge on any atom is 0.276 e. The Labute approximate surface area is 178 Å². The highest BCUT2D eigenvalue weighted by atomic mass is 16.5. The van der Waals surface area contributed by atoms with Gasteiger partial charge in [-0.3, -0.25) is 14.9 Å². The van der Waals surface area contributed by atoms with Gasteiger partial charge >= 0.3 is 0 Å². The Balaban J connectivity index is 1.46. The van der Waals surface area contributed by atoms with Gasteiger partial charge in [-0.1, -0.05) is 25.1 Å². The lowest BCUT2D eigenvalue weighted by Crippen LogP contribution is -2.46. The number of pyridine rings is 1. The number of rotatable bonds is 9. The molecular weight excluding hydrogens is 382 g/mol. The predicted molar refractivity (Wildman–Crippen MR) is 116 cm³/mol. The minimum Gasteiger partial charge on any atom is -0.374 e. The van der Waals surface area contributed by atoms with E-state index in [1.54, 1.807) is 6.20 Å². The van der Waals surface area contributed by atoms with E-state index in [0.29, 0.717) is 42.8 Å². The Morgan fingerprint density at radius 1 is 1.33 bits per heavy atom. The molecule has 1 fully saturated rings.